The fourth-order valence-corrected chi connectivity index (χ4v) is 4.88. The summed E-state index contributed by atoms with van der Waals surface area (Å²) < 4.78 is 22.8. The van der Waals surface area contributed by atoms with E-state index in [-0.39, 0.29) is 30.8 Å². The van der Waals surface area contributed by atoms with Crippen LogP contribution in [0.3, 0.4) is 0 Å². The Bertz CT molecular complexity index is 1210. The zero-order chi connectivity index (χ0) is 22.4. The normalized spacial score (nSPS) is 17.3. The van der Waals surface area contributed by atoms with Crippen molar-refractivity contribution in [3.05, 3.63) is 63.3 Å². The van der Waals surface area contributed by atoms with Gasteiger partial charge in [0, 0.05) is 35.2 Å². The maximum absolute atomic E-state index is 13.2. The van der Waals surface area contributed by atoms with Crippen molar-refractivity contribution >= 4 is 29.0 Å². The first-order valence-corrected chi connectivity index (χ1v) is 11.0. The highest BCUT2D eigenvalue weighted by atomic mass is 35.5. The van der Waals surface area contributed by atoms with E-state index in [9.17, 15) is 4.79 Å². The molecule has 0 spiro atoms. The van der Waals surface area contributed by atoms with E-state index in [4.69, 9.17) is 41.8 Å². The van der Waals surface area contributed by atoms with Crippen molar-refractivity contribution in [3.8, 4) is 28.6 Å². The second-order valence-electron chi connectivity index (χ2n) is 7.88. The van der Waals surface area contributed by atoms with Crippen molar-refractivity contribution in [2.45, 2.75) is 18.9 Å². The van der Waals surface area contributed by atoms with Crippen LogP contribution in [0.25, 0.3) is 11.3 Å². The summed E-state index contributed by atoms with van der Waals surface area (Å²) >= 11 is 12.3. The van der Waals surface area contributed by atoms with E-state index in [1.54, 1.807) is 37.4 Å². The summed E-state index contributed by atoms with van der Waals surface area (Å²) in [5.74, 6) is 2.61. The van der Waals surface area contributed by atoms with Gasteiger partial charge in [-0.1, -0.05) is 23.2 Å². The molecule has 0 fully saturated rings. The number of ketones is 1. The predicted octanol–water partition coefficient (Wildman–Crippen LogP) is 5.79. The molecule has 8 heteroatoms. The molecule has 0 amide bonds. The minimum absolute atomic E-state index is 0.106. The maximum atomic E-state index is 13.2. The standard InChI is InChI=1S/C24H21Cl2NO5/c1-27-8-7-13-9-21-23(31-12-30-21)24(29-2)22(13)17(27)11-18(28)20-6-5-19(32-20)15-4-3-14(25)10-16(15)26/h3-6,9-10,17H,7-8,11-12H2,1-2H3/t17-/m0/s1. The molecule has 2 aromatic carbocycles. The van der Waals surface area contributed by atoms with Crippen LogP contribution in [0.2, 0.25) is 10.0 Å². The van der Waals surface area contributed by atoms with Gasteiger partial charge in [0.2, 0.25) is 12.5 Å². The molecule has 2 aliphatic rings. The lowest BCUT2D eigenvalue weighted by atomic mass is 9.88. The molecule has 2 aliphatic heterocycles. The van der Waals surface area contributed by atoms with Gasteiger partial charge < -0.3 is 18.6 Å². The van der Waals surface area contributed by atoms with Crippen LogP contribution in [-0.4, -0.2) is 38.2 Å². The van der Waals surface area contributed by atoms with Gasteiger partial charge in [-0.2, -0.15) is 0 Å². The number of likely N-dealkylation sites (N-methyl/N-ethyl adjacent to an activating group) is 1. The van der Waals surface area contributed by atoms with Crippen LogP contribution in [-0.2, 0) is 6.42 Å². The quantitative estimate of drug-likeness (QED) is 0.436. The zero-order valence-electron chi connectivity index (χ0n) is 17.6. The van der Waals surface area contributed by atoms with Gasteiger partial charge in [0.25, 0.3) is 0 Å². The van der Waals surface area contributed by atoms with E-state index >= 15 is 0 Å². The molecular formula is C24H21Cl2NO5. The lowest BCUT2D eigenvalue weighted by molar-refractivity contribution is 0.0899. The average Bonchev–Trinajstić information content (AvgIpc) is 3.44. The fraction of sp³-hybridized carbons (Fsp3) is 0.292. The van der Waals surface area contributed by atoms with Gasteiger partial charge >= 0.3 is 0 Å². The Labute approximate surface area is 195 Å². The van der Waals surface area contributed by atoms with Gasteiger partial charge in [-0.05, 0) is 55.4 Å². The number of carbonyl (C=O) groups is 1. The summed E-state index contributed by atoms with van der Waals surface area (Å²) in [7, 11) is 3.62. The number of benzene rings is 2. The molecule has 0 saturated carbocycles. The minimum Gasteiger partial charge on any atom is -0.492 e. The van der Waals surface area contributed by atoms with Crippen LogP contribution >= 0.6 is 23.2 Å². The number of furan rings is 1. The van der Waals surface area contributed by atoms with E-state index < -0.39 is 0 Å². The second kappa shape index (κ2) is 8.35. The molecule has 0 aliphatic carbocycles. The summed E-state index contributed by atoms with van der Waals surface area (Å²) in [6.45, 7) is 0.980. The third-order valence-electron chi connectivity index (χ3n) is 6.00. The molecule has 1 atom stereocenters. The number of ether oxygens (including phenoxy) is 3. The van der Waals surface area contributed by atoms with E-state index in [1.807, 2.05) is 13.1 Å². The highest BCUT2D eigenvalue weighted by molar-refractivity contribution is 6.36. The molecule has 166 valence electrons. The van der Waals surface area contributed by atoms with E-state index in [0.29, 0.717) is 38.6 Å². The Kier molecular flexibility index (Phi) is 5.53. The summed E-state index contributed by atoms with van der Waals surface area (Å²) in [4.78, 5) is 15.4. The number of rotatable bonds is 5. The molecule has 0 unspecified atom stereocenters. The summed E-state index contributed by atoms with van der Waals surface area (Å²) in [6.07, 6.45) is 1.07. The van der Waals surface area contributed by atoms with Crippen LogP contribution in [0.4, 0.5) is 0 Å². The fourth-order valence-electron chi connectivity index (χ4n) is 4.38. The number of hydrogen-bond donors (Lipinski definition) is 0. The largest absolute Gasteiger partial charge is 0.492 e. The van der Waals surface area contributed by atoms with Gasteiger partial charge in [0.1, 0.15) is 5.76 Å². The van der Waals surface area contributed by atoms with Crippen molar-refractivity contribution in [2.24, 2.45) is 0 Å². The van der Waals surface area contributed by atoms with Crippen LogP contribution in [0.1, 0.15) is 34.1 Å². The highest BCUT2D eigenvalue weighted by Gasteiger charge is 2.35. The van der Waals surface area contributed by atoms with E-state index in [1.165, 1.54) is 0 Å². The first kappa shape index (κ1) is 21.2. The number of methoxy groups -OCH3 is 1. The zero-order valence-corrected chi connectivity index (χ0v) is 19.1. The number of halogens is 2. The molecule has 32 heavy (non-hydrogen) atoms. The van der Waals surface area contributed by atoms with Crippen molar-refractivity contribution in [1.82, 2.24) is 4.90 Å². The van der Waals surface area contributed by atoms with E-state index in [0.717, 1.165) is 24.1 Å². The van der Waals surface area contributed by atoms with Gasteiger partial charge in [0.05, 0.1) is 12.1 Å². The maximum Gasteiger partial charge on any atom is 0.231 e. The number of Topliss-reactive ketones (excluding diaryl/α,β-unsaturated/α-hetero) is 1. The Morgan fingerprint density at radius 2 is 2.03 bits per heavy atom. The molecule has 3 heterocycles. The number of hydrogen-bond acceptors (Lipinski definition) is 6. The minimum atomic E-state index is -0.177. The van der Waals surface area contributed by atoms with Gasteiger partial charge in [-0.25, -0.2) is 0 Å². The molecule has 1 aromatic heterocycles. The van der Waals surface area contributed by atoms with Crippen molar-refractivity contribution in [1.29, 1.82) is 0 Å². The van der Waals surface area contributed by atoms with Gasteiger partial charge in [-0.3, -0.25) is 9.69 Å². The topological polar surface area (TPSA) is 61.1 Å². The highest BCUT2D eigenvalue weighted by Crippen LogP contribution is 2.50. The van der Waals surface area contributed by atoms with Crippen LogP contribution in [0.5, 0.6) is 17.2 Å². The summed E-state index contributed by atoms with van der Waals surface area (Å²) in [5, 5.41) is 1.00. The number of nitrogens with zero attached hydrogens (tertiary/aromatic N) is 1. The molecule has 5 rings (SSSR count). The lowest BCUT2D eigenvalue weighted by Gasteiger charge is -2.35. The molecule has 0 radical (unpaired) electrons. The predicted molar refractivity (Wildman–Crippen MR) is 121 cm³/mol. The van der Waals surface area contributed by atoms with Crippen LogP contribution < -0.4 is 14.2 Å². The van der Waals surface area contributed by atoms with Crippen LogP contribution in [0.15, 0.2) is 40.8 Å². The first-order chi connectivity index (χ1) is 15.5. The molecule has 0 saturated heterocycles. The SMILES string of the molecule is COc1c2c(cc3c1[C@H](CC(=O)c1ccc(-c4ccc(Cl)cc4Cl)o1)N(C)CC3)OCO2. The third-order valence-corrected chi connectivity index (χ3v) is 6.55. The van der Waals surface area contributed by atoms with E-state index in [2.05, 4.69) is 4.90 Å². The Balaban J connectivity index is 1.45. The number of fused-ring (bicyclic) bond motifs is 2. The molecule has 0 bridgehead atoms. The summed E-state index contributed by atoms with van der Waals surface area (Å²) in [6, 6.07) is 10.4. The Morgan fingerprint density at radius 1 is 1.19 bits per heavy atom. The Hall–Kier alpha value is -2.67. The molecule has 6 nitrogen and oxygen atoms in total. The third kappa shape index (κ3) is 3.62. The monoisotopic (exact) mass is 473 g/mol. The van der Waals surface area contributed by atoms with Crippen molar-refractivity contribution < 1.29 is 23.4 Å². The van der Waals surface area contributed by atoms with Gasteiger partial charge in [-0.15, -0.1) is 0 Å². The summed E-state index contributed by atoms with van der Waals surface area (Å²) in [5.41, 5.74) is 2.76. The Morgan fingerprint density at radius 3 is 2.81 bits per heavy atom. The average molecular weight is 474 g/mol. The number of carbonyl (C=O) groups excluding carboxylic acids is 1. The molecule has 0 N–H and O–H groups in total. The van der Waals surface area contributed by atoms with Crippen molar-refractivity contribution in [2.75, 3.05) is 27.5 Å². The smallest absolute Gasteiger partial charge is 0.231 e. The lowest BCUT2D eigenvalue weighted by Crippen LogP contribution is -2.34. The molecular weight excluding hydrogens is 453 g/mol. The van der Waals surface area contributed by atoms with Crippen LogP contribution in [0, 0.1) is 0 Å². The van der Waals surface area contributed by atoms with Gasteiger partial charge in [0.15, 0.2) is 23.0 Å². The molecule has 3 aromatic rings. The van der Waals surface area contributed by atoms with Crippen molar-refractivity contribution in [3.63, 3.8) is 0 Å². The second-order valence-corrected chi connectivity index (χ2v) is 8.72. The first-order valence-electron chi connectivity index (χ1n) is 10.2.